The molecule has 1 aromatic rings. The lowest BCUT2D eigenvalue weighted by molar-refractivity contribution is -0.130. The Morgan fingerprint density at radius 2 is 2.12 bits per heavy atom. The molecule has 0 N–H and O–H groups in total. The van der Waals surface area contributed by atoms with Crippen molar-refractivity contribution in [3.8, 4) is 0 Å². The molecule has 7 heteroatoms. The largest absolute Gasteiger partial charge is 0.378 e. The fourth-order valence-electron chi connectivity index (χ4n) is 3.92. The molecule has 24 heavy (non-hydrogen) atoms. The van der Waals surface area contributed by atoms with Crippen LogP contribution in [0.3, 0.4) is 0 Å². The molecule has 1 amide bonds. The fourth-order valence-corrected chi connectivity index (χ4v) is 3.92. The topological polar surface area (TPSA) is 67.8 Å². The first kappa shape index (κ1) is 15.8. The van der Waals surface area contributed by atoms with Crippen LogP contribution in [0.15, 0.2) is 6.20 Å². The quantitative estimate of drug-likeness (QED) is 0.795. The summed E-state index contributed by atoms with van der Waals surface area (Å²) in [7, 11) is 0. The van der Waals surface area contributed by atoms with Crippen LogP contribution in [0.1, 0.15) is 31.0 Å². The van der Waals surface area contributed by atoms with E-state index < -0.39 is 0 Å². The standard InChI is InChI=1S/C17H24N4O3/c1-2-14(22)21-4-3-17(11-21)12-24-10-13-9-18-16(19-15(13)17)20-5-7-23-8-6-20/h9H,2-8,10-12H2,1H3/t17-/m1/s1. The van der Waals surface area contributed by atoms with Crippen LogP contribution in [0.25, 0.3) is 0 Å². The minimum Gasteiger partial charge on any atom is -0.378 e. The Bertz CT molecular complexity index is 632. The number of amides is 1. The number of ether oxygens (including phenoxy) is 2. The third-order valence-corrected chi connectivity index (χ3v) is 5.29. The van der Waals surface area contributed by atoms with Crippen LogP contribution >= 0.6 is 0 Å². The van der Waals surface area contributed by atoms with E-state index in [9.17, 15) is 4.79 Å². The zero-order valence-corrected chi connectivity index (χ0v) is 14.2. The molecule has 4 heterocycles. The average Bonchev–Trinajstić information content (AvgIpc) is 3.07. The number of carbonyl (C=O) groups is 1. The Balaban J connectivity index is 1.65. The number of anilines is 1. The Hall–Kier alpha value is -1.73. The molecule has 0 bridgehead atoms. The number of rotatable bonds is 2. The summed E-state index contributed by atoms with van der Waals surface area (Å²) >= 11 is 0. The average molecular weight is 332 g/mol. The molecule has 1 spiro atoms. The lowest BCUT2D eigenvalue weighted by Crippen LogP contribution is -2.43. The predicted molar refractivity (Wildman–Crippen MR) is 87.9 cm³/mol. The molecule has 3 aliphatic heterocycles. The van der Waals surface area contributed by atoms with Gasteiger partial charge in [-0.2, -0.15) is 0 Å². The minimum absolute atomic E-state index is 0.178. The van der Waals surface area contributed by atoms with Crippen LogP contribution < -0.4 is 4.90 Å². The molecule has 1 atom stereocenters. The molecular formula is C17H24N4O3. The highest BCUT2D eigenvalue weighted by Crippen LogP contribution is 2.39. The molecule has 130 valence electrons. The van der Waals surface area contributed by atoms with Gasteiger partial charge in [-0.15, -0.1) is 0 Å². The van der Waals surface area contributed by atoms with Gasteiger partial charge in [0.1, 0.15) is 0 Å². The molecule has 2 fully saturated rings. The van der Waals surface area contributed by atoms with E-state index in [0.29, 0.717) is 39.4 Å². The van der Waals surface area contributed by atoms with Crippen LogP contribution in [0.2, 0.25) is 0 Å². The summed E-state index contributed by atoms with van der Waals surface area (Å²) in [6, 6.07) is 0. The van der Waals surface area contributed by atoms with E-state index in [1.165, 1.54) is 0 Å². The van der Waals surface area contributed by atoms with Crippen LogP contribution in [-0.4, -0.2) is 66.8 Å². The molecule has 0 saturated carbocycles. The molecule has 0 aromatic carbocycles. The molecule has 2 saturated heterocycles. The van der Waals surface area contributed by atoms with Crippen molar-refractivity contribution < 1.29 is 14.3 Å². The van der Waals surface area contributed by atoms with Gasteiger partial charge < -0.3 is 19.3 Å². The van der Waals surface area contributed by atoms with E-state index in [1.807, 2.05) is 18.0 Å². The highest BCUT2D eigenvalue weighted by atomic mass is 16.5. The monoisotopic (exact) mass is 332 g/mol. The molecule has 1 aromatic heterocycles. The summed E-state index contributed by atoms with van der Waals surface area (Å²) < 4.78 is 11.2. The molecule has 0 radical (unpaired) electrons. The summed E-state index contributed by atoms with van der Waals surface area (Å²) in [4.78, 5) is 25.7. The van der Waals surface area contributed by atoms with Gasteiger partial charge in [0.2, 0.25) is 11.9 Å². The number of likely N-dealkylation sites (tertiary alicyclic amines) is 1. The number of carbonyl (C=O) groups excluding carboxylic acids is 1. The number of fused-ring (bicyclic) bond motifs is 2. The smallest absolute Gasteiger partial charge is 0.225 e. The maximum absolute atomic E-state index is 12.1. The van der Waals surface area contributed by atoms with Gasteiger partial charge in [0.05, 0.1) is 37.5 Å². The Morgan fingerprint density at radius 1 is 1.29 bits per heavy atom. The summed E-state index contributed by atoms with van der Waals surface area (Å²) in [6.45, 7) is 7.66. The number of morpholine rings is 1. The second-order valence-corrected chi connectivity index (χ2v) is 6.84. The van der Waals surface area contributed by atoms with Crippen molar-refractivity contribution in [2.24, 2.45) is 0 Å². The summed E-state index contributed by atoms with van der Waals surface area (Å²) in [5.41, 5.74) is 1.96. The second-order valence-electron chi connectivity index (χ2n) is 6.84. The lowest BCUT2D eigenvalue weighted by Gasteiger charge is -2.35. The van der Waals surface area contributed by atoms with Crippen molar-refractivity contribution in [3.63, 3.8) is 0 Å². The first-order valence-corrected chi connectivity index (χ1v) is 8.76. The van der Waals surface area contributed by atoms with Gasteiger partial charge >= 0.3 is 0 Å². The molecule has 3 aliphatic rings. The van der Waals surface area contributed by atoms with Crippen molar-refractivity contribution in [2.45, 2.75) is 31.8 Å². The van der Waals surface area contributed by atoms with Crippen molar-refractivity contribution >= 4 is 11.9 Å². The first-order chi connectivity index (χ1) is 11.7. The zero-order valence-electron chi connectivity index (χ0n) is 14.2. The van der Waals surface area contributed by atoms with Crippen molar-refractivity contribution in [1.29, 1.82) is 0 Å². The predicted octanol–water partition coefficient (Wildman–Crippen LogP) is 0.723. The van der Waals surface area contributed by atoms with E-state index in [0.717, 1.165) is 43.3 Å². The maximum Gasteiger partial charge on any atom is 0.225 e. The third kappa shape index (κ3) is 2.65. The number of aromatic nitrogens is 2. The van der Waals surface area contributed by atoms with Crippen molar-refractivity contribution in [1.82, 2.24) is 14.9 Å². The van der Waals surface area contributed by atoms with Gasteiger partial charge in [-0.05, 0) is 6.42 Å². The molecule has 7 nitrogen and oxygen atoms in total. The van der Waals surface area contributed by atoms with E-state index in [4.69, 9.17) is 14.5 Å². The minimum atomic E-state index is -0.178. The van der Waals surface area contributed by atoms with Gasteiger partial charge in [0, 0.05) is 44.4 Å². The summed E-state index contributed by atoms with van der Waals surface area (Å²) in [5, 5.41) is 0. The van der Waals surface area contributed by atoms with Gasteiger partial charge in [-0.1, -0.05) is 6.92 Å². The summed E-state index contributed by atoms with van der Waals surface area (Å²) in [6.07, 6.45) is 3.36. The Morgan fingerprint density at radius 3 is 2.92 bits per heavy atom. The van der Waals surface area contributed by atoms with Gasteiger partial charge in [0.25, 0.3) is 0 Å². The Kier molecular flexibility index (Phi) is 4.14. The molecule has 0 unspecified atom stereocenters. The normalized spacial score (nSPS) is 26.7. The van der Waals surface area contributed by atoms with Crippen LogP contribution in [0.4, 0.5) is 5.95 Å². The highest BCUT2D eigenvalue weighted by Gasteiger charge is 2.46. The lowest BCUT2D eigenvalue weighted by atomic mass is 9.80. The van der Waals surface area contributed by atoms with Crippen molar-refractivity contribution in [3.05, 3.63) is 17.5 Å². The van der Waals surface area contributed by atoms with E-state index in [2.05, 4.69) is 9.88 Å². The van der Waals surface area contributed by atoms with Gasteiger partial charge in [0.15, 0.2) is 0 Å². The number of hydrogen-bond donors (Lipinski definition) is 0. The molecular weight excluding hydrogens is 308 g/mol. The SMILES string of the molecule is CCC(=O)N1CC[C@]2(COCc3cnc(N4CCOCC4)nc32)C1. The second kappa shape index (κ2) is 6.29. The van der Waals surface area contributed by atoms with Gasteiger partial charge in [-0.25, -0.2) is 9.97 Å². The van der Waals surface area contributed by atoms with E-state index in [1.54, 1.807) is 0 Å². The summed E-state index contributed by atoms with van der Waals surface area (Å²) in [5.74, 6) is 0.986. The third-order valence-electron chi connectivity index (χ3n) is 5.29. The van der Waals surface area contributed by atoms with Crippen LogP contribution in [0.5, 0.6) is 0 Å². The fraction of sp³-hybridized carbons (Fsp3) is 0.706. The number of hydrogen-bond acceptors (Lipinski definition) is 6. The highest BCUT2D eigenvalue weighted by molar-refractivity contribution is 5.76. The van der Waals surface area contributed by atoms with Crippen LogP contribution in [0, 0.1) is 0 Å². The van der Waals surface area contributed by atoms with E-state index >= 15 is 0 Å². The number of nitrogens with zero attached hydrogens (tertiary/aromatic N) is 4. The first-order valence-electron chi connectivity index (χ1n) is 8.76. The zero-order chi connectivity index (χ0) is 16.6. The van der Waals surface area contributed by atoms with E-state index in [-0.39, 0.29) is 11.3 Å². The van der Waals surface area contributed by atoms with Gasteiger partial charge in [-0.3, -0.25) is 4.79 Å². The molecule has 0 aliphatic carbocycles. The maximum atomic E-state index is 12.1. The Labute approximate surface area is 142 Å². The van der Waals surface area contributed by atoms with Crippen molar-refractivity contribution in [2.75, 3.05) is 50.9 Å². The van der Waals surface area contributed by atoms with Crippen LogP contribution in [-0.2, 0) is 26.3 Å². The molecule has 4 rings (SSSR count).